The van der Waals surface area contributed by atoms with Crippen molar-refractivity contribution in [1.29, 1.82) is 0 Å². The summed E-state index contributed by atoms with van der Waals surface area (Å²) in [6, 6.07) is 0. The molecule has 5 nitrogen and oxygen atoms in total. The Kier molecular flexibility index (Phi) is 6.07. The molecule has 0 amide bonds. The standard InChI is InChI=1S/C11H18O5/c1-9(11(12)13)3-2-5-14-6-4-10-15-7-8-16-10/h3,10H,2,4-8H2,1H3,(H,12,13). The Labute approximate surface area is 95.0 Å². The van der Waals surface area contributed by atoms with Crippen molar-refractivity contribution in [1.82, 2.24) is 0 Å². The lowest BCUT2D eigenvalue weighted by molar-refractivity contribution is -0.132. The number of ether oxygens (including phenoxy) is 3. The highest BCUT2D eigenvalue weighted by Gasteiger charge is 2.14. The Balaban J connectivity index is 1.95. The first-order chi connectivity index (χ1) is 7.70. The number of carboxylic acid groups (broad SMARTS) is 1. The molecule has 0 bridgehead atoms. The van der Waals surface area contributed by atoms with Crippen LogP contribution in [0, 0.1) is 0 Å². The first-order valence-corrected chi connectivity index (χ1v) is 5.41. The molecule has 1 fully saturated rings. The van der Waals surface area contributed by atoms with Gasteiger partial charge in [0.25, 0.3) is 0 Å². The predicted octanol–water partition coefficient (Wildman–Crippen LogP) is 1.19. The number of aliphatic carboxylic acids is 1. The van der Waals surface area contributed by atoms with E-state index in [9.17, 15) is 4.79 Å². The molecular formula is C11H18O5. The minimum atomic E-state index is -0.882. The summed E-state index contributed by atoms with van der Waals surface area (Å²) in [5.41, 5.74) is 0.353. The largest absolute Gasteiger partial charge is 0.478 e. The van der Waals surface area contributed by atoms with Gasteiger partial charge in [-0.15, -0.1) is 0 Å². The quantitative estimate of drug-likeness (QED) is 0.525. The molecule has 0 aliphatic carbocycles. The van der Waals surface area contributed by atoms with E-state index in [1.54, 1.807) is 13.0 Å². The molecule has 0 radical (unpaired) electrons. The van der Waals surface area contributed by atoms with E-state index in [1.165, 1.54) is 0 Å². The lowest BCUT2D eigenvalue weighted by Crippen LogP contribution is -2.11. The molecule has 0 aromatic heterocycles. The summed E-state index contributed by atoms with van der Waals surface area (Å²) in [7, 11) is 0. The second kappa shape index (κ2) is 7.38. The van der Waals surface area contributed by atoms with Crippen LogP contribution in [0.1, 0.15) is 19.8 Å². The molecule has 0 saturated carbocycles. The molecule has 0 atom stereocenters. The van der Waals surface area contributed by atoms with Crippen molar-refractivity contribution in [2.45, 2.75) is 26.1 Å². The van der Waals surface area contributed by atoms with E-state index in [1.807, 2.05) is 0 Å². The third-order valence-electron chi connectivity index (χ3n) is 2.24. The fraction of sp³-hybridized carbons (Fsp3) is 0.727. The Morgan fingerprint density at radius 3 is 2.75 bits per heavy atom. The highest BCUT2D eigenvalue weighted by molar-refractivity contribution is 5.85. The number of carbonyl (C=O) groups is 1. The van der Waals surface area contributed by atoms with Crippen molar-refractivity contribution in [2.75, 3.05) is 26.4 Å². The van der Waals surface area contributed by atoms with Gasteiger partial charge in [0.1, 0.15) is 0 Å². The molecule has 0 aromatic carbocycles. The van der Waals surface area contributed by atoms with E-state index in [2.05, 4.69) is 0 Å². The first-order valence-electron chi connectivity index (χ1n) is 5.41. The van der Waals surface area contributed by atoms with Gasteiger partial charge in [-0.05, 0) is 13.3 Å². The molecule has 1 aliphatic heterocycles. The minimum Gasteiger partial charge on any atom is -0.478 e. The maximum atomic E-state index is 10.5. The van der Waals surface area contributed by atoms with Gasteiger partial charge < -0.3 is 19.3 Å². The van der Waals surface area contributed by atoms with Crippen molar-refractivity contribution in [3.8, 4) is 0 Å². The molecule has 1 N–H and O–H groups in total. The molecule has 0 aromatic rings. The lowest BCUT2D eigenvalue weighted by Gasteiger charge is -2.08. The maximum Gasteiger partial charge on any atom is 0.330 e. The summed E-state index contributed by atoms with van der Waals surface area (Å²) in [5, 5.41) is 8.59. The van der Waals surface area contributed by atoms with Crippen molar-refractivity contribution in [3.05, 3.63) is 11.6 Å². The van der Waals surface area contributed by atoms with Gasteiger partial charge in [-0.25, -0.2) is 4.79 Å². The fourth-order valence-electron chi connectivity index (χ4n) is 1.30. The van der Waals surface area contributed by atoms with Gasteiger partial charge >= 0.3 is 5.97 Å². The molecule has 1 saturated heterocycles. The molecule has 16 heavy (non-hydrogen) atoms. The number of hydrogen-bond donors (Lipinski definition) is 1. The Bertz CT molecular complexity index is 243. The number of rotatable bonds is 7. The van der Waals surface area contributed by atoms with Crippen LogP contribution in [0.5, 0.6) is 0 Å². The van der Waals surface area contributed by atoms with Crippen LogP contribution >= 0.6 is 0 Å². The molecule has 0 spiro atoms. The van der Waals surface area contributed by atoms with E-state index in [-0.39, 0.29) is 6.29 Å². The summed E-state index contributed by atoms with van der Waals surface area (Å²) < 4.78 is 15.8. The fourth-order valence-corrected chi connectivity index (χ4v) is 1.30. The third kappa shape index (κ3) is 5.25. The highest BCUT2D eigenvalue weighted by atomic mass is 16.7. The SMILES string of the molecule is CC(=CCCOCCC1OCCO1)C(=O)O. The Hall–Kier alpha value is -0.910. The average molecular weight is 230 g/mol. The van der Waals surface area contributed by atoms with Crippen LogP contribution in [0.25, 0.3) is 0 Å². The van der Waals surface area contributed by atoms with Crippen molar-refractivity contribution in [3.63, 3.8) is 0 Å². The van der Waals surface area contributed by atoms with Crippen molar-refractivity contribution in [2.24, 2.45) is 0 Å². The van der Waals surface area contributed by atoms with Gasteiger partial charge in [-0.2, -0.15) is 0 Å². The molecule has 0 unspecified atom stereocenters. The first kappa shape index (κ1) is 13.2. The number of hydrogen-bond acceptors (Lipinski definition) is 4. The third-order valence-corrected chi connectivity index (χ3v) is 2.24. The molecule has 92 valence electrons. The van der Waals surface area contributed by atoms with Crippen molar-refractivity contribution >= 4 is 5.97 Å². The van der Waals surface area contributed by atoms with Gasteiger partial charge in [0.2, 0.25) is 0 Å². The van der Waals surface area contributed by atoms with E-state index in [4.69, 9.17) is 19.3 Å². The van der Waals surface area contributed by atoms with Crippen LogP contribution < -0.4 is 0 Å². The normalized spacial score (nSPS) is 17.9. The molecule has 1 aliphatic rings. The van der Waals surface area contributed by atoms with Gasteiger partial charge in [0, 0.05) is 12.0 Å². The maximum absolute atomic E-state index is 10.5. The summed E-state index contributed by atoms with van der Waals surface area (Å²) in [5.74, 6) is -0.882. The Morgan fingerprint density at radius 2 is 2.12 bits per heavy atom. The summed E-state index contributed by atoms with van der Waals surface area (Å²) in [6.07, 6.45) is 2.87. The van der Waals surface area contributed by atoms with Gasteiger partial charge in [-0.3, -0.25) is 0 Å². The summed E-state index contributed by atoms with van der Waals surface area (Å²) >= 11 is 0. The molecule has 5 heteroatoms. The van der Waals surface area contributed by atoms with Crippen LogP contribution in [-0.2, 0) is 19.0 Å². The zero-order chi connectivity index (χ0) is 11.8. The summed E-state index contributed by atoms with van der Waals surface area (Å²) in [6.45, 7) is 3.99. The van der Waals surface area contributed by atoms with Crippen molar-refractivity contribution < 1.29 is 24.1 Å². The van der Waals surface area contributed by atoms with Crippen LogP contribution in [-0.4, -0.2) is 43.8 Å². The minimum absolute atomic E-state index is 0.128. The average Bonchev–Trinajstić information content (AvgIpc) is 2.75. The van der Waals surface area contributed by atoms with Gasteiger partial charge in [-0.1, -0.05) is 6.08 Å². The molecular weight excluding hydrogens is 212 g/mol. The van der Waals surface area contributed by atoms with E-state index in [0.29, 0.717) is 38.4 Å². The zero-order valence-electron chi connectivity index (χ0n) is 9.48. The van der Waals surface area contributed by atoms with Crippen LogP contribution in [0.4, 0.5) is 0 Å². The zero-order valence-corrected chi connectivity index (χ0v) is 9.48. The van der Waals surface area contributed by atoms with E-state index >= 15 is 0 Å². The topological polar surface area (TPSA) is 65.0 Å². The predicted molar refractivity (Wildman–Crippen MR) is 57.1 cm³/mol. The van der Waals surface area contributed by atoms with Crippen LogP contribution in [0.2, 0.25) is 0 Å². The number of carboxylic acids is 1. The van der Waals surface area contributed by atoms with E-state index < -0.39 is 5.97 Å². The second-order valence-electron chi connectivity index (χ2n) is 3.55. The van der Waals surface area contributed by atoms with Gasteiger partial charge in [0.15, 0.2) is 6.29 Å². The smallest absolute Gasteiger partial charge is 0.330 e. The van der Waals surface area contributed by atoms with Crippen LogP contribution in [0.15, 0.2) is 11.6 Å². The highest BCUT2D eigenvalue weighted by Crippen LogP contribution is 2.07. The molecule has 1 rings (SSSR count). The van der Waals surface area contributed by atoms with E-state index in [0.717, 1.165) is 6.42 Å². The lowest BCUT2D eigenvalue weighted by atomic mass is 10.2. The van der Waals surface area contributed by atoms with Gasteiger partial charge in [0.05, 0.1) is 26.4 Å². The molecule has 1 heterocycles. The monoisotopic (exact) mass is 230 g/mol. The Morgan fingerprint density at radius 1 is 1.44 bits per heavy atom. The second-order valence-corrected chi connectivity index (χ2v) is 3.55. The summed E-state index contributed by atoms with van der Waals surface area (Å²) in [4.78, 5) is 10.5. The van der Waals surface area contributed by atoms with Crippen LogP contribution in [0.3, 0.4) is 0 Å².